The first-order chi connectivity index (χ1) is 6.67. The molecular weight excluding hydrogens is 202 g/mol. The first-order valence-corrected chi connectivity index (χ1v) is 4.74. The Hall–Kier alpha value is -0.770. The van der Waals surface area contributed by atoms with E-state index >= 15 is 0 Å². The molecule has 0 spiro atoms. The number of hydrogen-bond donors (Lipinski definition) is 2. The van der Waals surface area contributed by atoms with E-state index in [1.54, 1.807) is 25.3 Å². The van der Waals surface area contributed by atoms with Gasteiger partial charge in [-0.2, -0.15) is 0 Å². The first-order valence-electron chi connectivity index (χ1n) is 4.36. The highest BCUT2D eigenvalue weighted by atomic mass is 35.5. The fourth-order valence-corrected chi connectivity index (χ4v) is 1.45. The molecule has 0 fully saturated rings. The molecule has 1 rings (SSSR count). The number of rotatable bonds is 4. The largest absolute Gasteiger partial charge is 0.496 e. The van der Waals surface area contributed by atoms with Crippen LogP contribution in [0.25, 0.3) is 0 Å². The van der Waals surface area contributed by atoms with E-state index < -0.39 is 0 Å². The fourth-order valence-electron chi connectivity index (χ4n) is 1.25. The van der Waals surface area contributed by atoms with Crippen molar-refractivity contribution >= 4 is 11.6 Å². The average Bonchev–Trinajstić information content (AvgIpc) is 2.18. The molecule has 0 bridgehead atoms. The van der Waals surface area contributed by atoms with Crippen molar-refractivity contribution in [2.45, 2.75) is 12.5 Å². The number of halogens is 1. The molecule has 3 nitrogen and oxygen atoms in total. The number of hydrogen-bond acceptors (Lipinski definition) is 3. The highest BCUT2D eigenvalue weighted by molar-refractivity contribution is 6.30. The summed E-state index contributed by atoms with van der Waals surface area (Å²) in [6.07, 6.45) is 0.556. The molecule has 0 heterocycles. The van der Waals surface area contributed by atoms with Crippen LogP contribution in [0.5, 0.6) is 5.75 Å². The van der Waals surface area contributed by atoms with E-state index in [2.05, 4.69) is 0 Å². The quantitative estimate of drug-likeness (QED) is 0.794. The molecule has 0 aromatic heterocycles. The van der Waals surface area contributed by atoms with Crippen molar-refractivity contribution in [2.75, 3.05) is 13.7 Å². The molecule has 0 radical (unpaired) electrons. The molecule has 0 aliphatic carbocycles. The van der Waals surface area contributed by atoms with E-state index in [0.29, 0.717) is 11.4 Å². The molecule has 1 aromatic rings. The van der Waals surface area contributed by atoms with E-state index in [9.17, 15) is 0 Å². The molecule has 0 saturated carbocycles. The zero-order valence-electron chi connectivity index (χ0n) is 8.03. The van der Waals surface area contributed by atoms with Gasteiger partial charge in [0.2, 0.25) is 0 Å². The summed E-state index contributed by atoms with van der Waals surface area (Å²) in [4.78, 5) is 0. The smallest absolute Gasteiger partial charge is 0.122 e. The van der Waals surface area contributed by atoms with Gasteiger partial charge in [-0.3, -0.25) is 0 Å². The summed E-state index contributed by atoms with van der Waals surface area (Å²) in [6.45, 7) is -0.0460. The number of ether oxygens (including phenoxy) is 1. The van der Waals surface area contributed by atoms with Crippen LogP contribution in [0.15, 0.2) is 18.2 Å². The van der Waals surface area contributed by atoms with Gasteiger partial charge in [0.25, 0.3) is 0 Å². The van der Waals surface area contributed by atoms with Crippen molar-refractivity contribution in [1.82, 2.24) is 0 Å². The van der Waals surface area contributed by atoms with Gasteiger partial charge in [-0.05, 0) is 30.2 Å². The van der Waals surface area contributed by atoms with Gasteiger partial charge in [0.15, 0.2) is 0 Å². The minimum atomic E-state index is -0.276. The van der Waals surface area contributed by atoms with E-state index in [1.165, 1.54) is 0 Å². The van der Waals surface area contributed by atoms with Crippen LogP contribution in [0.2, 0.25) is 5.02 Å². The van der Waals surface area contributed by atoms with Crippen LogP contribution < -0.4 is 10.5 Å². The summed E-state index contributed by atoms with van der Waals surface area (Å²) < 4.78 is 5.15. The molecular formula is C10H14ClNO2. The van der Waals surface area contributed by atoms with Gasteiger partial charge >= 0.3 is 0 Å². The summed E-state index contributed by atoms with van der Waals surface area (Å²) in [5.41, 5.74) is 6.55. The zero-order chi connectivity index (χ0) is 10.6. The van der Waals surface area contributed by atoms with E-state index in [4.69, 9.17) is 27.2 Å². The molecule has 0 amide bonds. The van der Waals surface area contributed by atoms with Gasteiger partial charge in [0, 0.05) is 11.1 Å². The van der Waals surface area contributed by atoms with Crippen LogP contribution in [0.4, 0.5) is 0 Å². The normalized spacial score (nSPS) is 12.6. The monoisotopic (exact) mass is 215 g/mol. The minimum Gasteiger partial charge on any atom is -0.496 e. The number of nitrogens with two attached hydrogens (primary N) is 1. The molecule has 78 valence electrons. The molecule has 1 atom stereocenters. The Morgan fingerprint density at radius 2 is 2.29 bits per heavy atom. The third-order valence-electron chi connectivity index (χ3n) is 1.96. The second-order valence-electron chi connectivity index (χ2n) is 3.10. The highest BCUT2D eigenvalue weighted by Gasteiger charge is 2.08. The van der Waals surface area contributed by atoms with Crippen LogP contribution in [-0.4, -0.2) is 24.9 Å². The highest BCUT2D eigenvalue weighted by Crippen LogP contribution is 2.23. The lowest BCUT2D eigenvalue weighted by Gasteiger charge is -2.12. The topological polar surface area (TPSA) is 55.5 Å². The van der Waals surface area contributed by atoms with Crippen LogP contribution in [0, 0.1) is 0 Å². The second kappa shape index (κ2) is 5.20. The van der Waals surface area contributed by atoms with E-state index in [-0.39, 0.29) is 12.6 Å². The molecule has 0 aliphatic heterocycles. The molecule has 1 aromatic carbocycles. The third-order valence-corrected chi connectivity index (χ3v) is 2.19. The summed E-state index contributed by atoms with van der Waals surface area (Å²) in [7, 11) is 1.59. The van der Waals surface area contributed by atoms with Crippen LogP contribution in [-0.2, 0) is 6.42 Å². The second-order valence-corrected chi connectivity index (χ2v) is 3.54. The van der Waals surface area contributed by atoms with Crippen molar-refractivity contribution in [3.8, 4) is 5.75 Å². The third kappa shape index (κ3) is 2.87. The van der Waals surface area contributed by atoms with Crippen molar-refractivity contribution < 1.29 is 9.84 Å². The Morgan fingerprint density at radius 1 is 1.57 bits per heavy atom. The number of aliphatic hydroxyl groups is 1. The molecule has 3 N–H and O–H groups in total. The van der Waals surface area contributed by atoms with Crippen molar-refractivity contribution in [3.05, 3.63) is 28.8 Å². The van der Waals surface area contributed by atoms with Crippen LogP contribution >= 0.6 is 11.6 Å². The van der Waals surface area contributed by atoms with Crippen molar-refractivity contribution in [2.24, 2.45) is 5.73 Å². The average molecular weight is 216 g/mol. The molecule has 14 heavy (non-hydrogen) atoms. The minimum absolute atomic E-state index is 0.0460. The Morgan fingerprint density at radius 3 is 2.86 bits per heavy atom. The van der Waals surface area contributed by atoms with Gasteiger partial charge in [0.1, 0.15) is 5.75 Å². The van der Waals surface area contributed by atoms with Crippen molar-refractivity contribution in [3.63, 3.8) is 0 Å². The Kier molecular flexibility index (Phi) is 4.20. The van der Waals surface area contributed by atoms with Gasteiger partial charge in [-0.25, -0.2) is 0 Å². The number of aliphatic hydroxyl groups excluding tert-OH is 1. The zero-order valence-corrected chi connectivity index (χ0v) is 8.79. The van der Waals surface area contributed by atoms with E-state index in [0.717, 1.165) is 11.3 Å². The predicted molar refractivity (Wildman–Crippen MR) is 56.8 cm³/mol. The predicted octanol–water partition coefficient (Wildman–Crippen LogP) is 1.21. The van der Waals surface area contributed by atoms with Gasteiger partial charge in [-0.1, -0.05) is 11.6 Å². The number of benzene rings is 1. The summed E-state index contributed by atoms with van der Waals surface area (Å²) >= 11 is 5.84. The van der Waals surface area contributed by atoms with Gasteiger partial charge in [-0.15, -0.1) is 0 Å². The standard InChI is InChI=1S/C10H14ClNO2/c1-14-10-3-2-8(11)4-7(10)5-9(12)6-13/h2-4,9,13H,5-6,12H2,1H3. The van der Waals surface area contributed by atoms with E-state index in [1.807, 2.05) is 0 Å². The Bertz CT molecular complexity index is 304. The summed E-state index contributed by atoms with van der Waals surface area (Å²) in [5.74, 6) is 0.748. The maximum atomic E-state index is 8.83. The maximum Gasteiger partial charge on any atom is 0.122 e. The lowest BCUT2D eigenvalue weighted by Crippen LogP contribution is -2.27. The van der Waals surface area contributed by atoms with Crippen LogP contribution in [0.1, 0.15) is 5.56 Å². The van der Waals surface area contributed by atoms with Crippen LogP contribution in [0.3, 0.4) is 0 Å². The number of methoxy groups -OCH3 is 1. The molecule has 0 aliphatic rings. The molecule has 1 unspecified atom stereocenters. The van der Waals surface area contributed by atoms with Crippen molar-refractivity contribution in [1.29, 1.82) is 0 Å². The Labute approximate surface area is 88.4 Å². The fraction of sp³-hybridized carbons (Fsp3) is 0.400. The lowest BCUT2D eigenvalue weighted by molar-refractivity contribution is 0.264. The first kappa shape index (κ1) is 11.3. The van der Waals surface area contributed by atoms with Gasteiger partial charge in [0.05, 0.1) is 13.7 Å². The molecule has 4 heteroatoms. The summed E-state index contributed by atoms with van der Waals surface area (Å²) in [5, 5.41) is 9.47. The lowest BCUT2D eigenvalue weighted by atomic mass is 10.1. The maximum absolute atomic E-state index is 8.83. The SMILES string of the molecule is COc1ccc(Cl)cc1CC(N)CO. The summed E-state index contributed by atoms with van der Waals surface area (Å²) in [6, 6.07) is 5.08. The molecule has 0 saturated heterocycles. The Balaban J connectivity index is 2.87. The van der Waals surface area contributed by atoms with Gasteiger partial charge < -0.3 is 15.6 Å².